The summed E-state index contributed by atoms with van der Waals surface area (Å²) < 4.78 is 5.17. The third kappa shape index (κ3) is 4.01. The van der Waals surface area contributed by atoms with Crippen molar-refractivity contribution in [2.24, 2.45) is 0 Å². The average molecular weight is 321 g/mol. The number of nitrogens with one attached hydrogen (secondary N) is 1. The number of nitrogens with zero attached hydrogens (tertiary/aromatic N) is 2. The Morgan fingerprint density at radius 3 is 3.00 bits per heavy atom. The molecule has 0 saturated carbocycles. The number of hydrogen-bond acceptors (Lipinski definition) is 6. The summed E-state index contributed by atoms with van der Waals surface area (Å²) in [7, 11) is 0. The number of aromatic nitrogens is 1. The molecule has 0 aliphatic rings. The van der Waals surface area contributed by atoms with Crippen LogP contribution >= 0.6 is 11.3 Å². The summed E-state index contributed by atoms with van der Waals surface area (Å²) in [6.45, 7) is 3.22. The lowest BCUT2D eigenvalue weighted by atomic mass is 10.3. The molecule has 2 aromatic heterocycles. The molecule has 0 fully saturated rings. The van der Waals surface area contributed by atoms with Crippen LogP contribution in [-0.2, 0) is 4.79 Å². The van der Waals surface area contributed by atoms with Crippen LogP contribution < -0.4 is 10.1 Å². The van der Waals surface area contributed by atoms with E-state index in [-0.39, 0.29) is 30.1 Å². The fourth-order valence-corrected chi connectivity index (χ4v) is 2.54. The topological polar surface area (TPSA) is 94.4 Å². The molecule has 2 aromatic rings. The maximum Gasteiger partial charge on any atom is 0.331 e. The number of amides is 1. The minimum absolute atomic E-state index is 0.142. The highest BCUT2D eigenvalue weighted by molar-refractivity contribution is 7.10. The smallest absolute Gasteiger partial charge is 0.331 e. The Morgan fingerprint density at radius 1 is 1.59 bits per heavy atom. The number of carbonyl (C=O) groups excluding carboxylic acids is 1. The number of ether oxygens (including phenoxy) is 1. The highest BCUT2D eigenvalue weighted by atomic mass is 32.1. The second kappa shape index (κ2) is 6.99. The number of pyridine rings is 1. The van der Waals surface area contributed by atoms with Gasteiger partial charge in [0, 0.05) is 17.1 Å². The molecule has 0 spiro atoms. The third-order valence-electron chi connectivity index (χ3n) is 2.85. The van der Waals surface area contributed by atoms with Crippen molar-refractivity contribution in [1.82, 2.24) is 10.3 Å². The molecule has 0 saturated heterocycles. The first-order chi connectivity index (χ1) is 10.5. The Bertz CT molecular complexity index is 673. The Balaban J connectivity index is 1.95. The number of rotatable bonds is 6. The van der Waals surface area contributed by atoms with Gasteiger partial charge in [0.25, 0.3) is 11.8 Å². The quantitative estimate of drug-likeness (QED) is 0.652. The molecule has 0 bridgehead atoms. The molecule has 0 aliphatic carbocycles. The summed E-state index contributed by atoms with van der Waals surface area (Å²) in [5.74, 6) is -0.521. The monoisotopic (exact) mass is 321 g/mol. The lowest BCUT2D eigenvalue weighted by molar-refractivity contribution is -0.386. The summed E-state index contributed by atoms with van der Waals surface area (Å²) in [5.41, 5.74) is 0.397. The van der Waals surface area contributed by atoms with Crippen molar-refractivity contribution < 1.29 is 14.5 Å². The molecule has 0 aliphatic heterocycles. The zero-order chi connectivity index (χ0) is 16.1. The summed E-state index contributed by atoms with van der Waals surface area (Å²) in [6.07, 6.45) is 1.45. The average Bonchev–Trinajstić information content (AvgIpc) is 3.00. The molecule has 116 valence electrons. The summed E-state index contributed by atoms with van der Waals surface area (Å²) >= 11 is 1.54. The molecule has 1 amide bonds. The van der Waals surface area contributed by atoms with Crippen molar-refractivity contribution >= 4 is 22.9 Å². The van der Waals surface area contributed by atoms with Gasteiger partial charge in [0.15, 0.2) is 6.61 Å². The summed E-state index contributed by atoms with van der Waals surface area (Å²) in [5, 5.41) is 15.6. The van der Waals surface area contributed by atoms with Gasteiger partial charge in [0.05, 0.1) is 11.0 Å². The van der Waals surface area contributed by atoms with Crippen LogP contribution in [0.3, 0.4) is 0 Å². The van der Waals surface area contributed by atoms with E-state index in [1.165, 1.54) is 23.6 Å². The number of nitro groups is 1. The van der Waals surface area contributed by atoms with Crippen molar-refractivity contribution in [1.29, 1.82) is 0 Å². The highest BCUT2D eigenvalue weighted by Gasteiger charge is 2.18. The number of carbonyl (C=O) groups is 1. The zero-order valence-electron chi connectivity index (χ0n) is 12.1. The molecule has 2 heterocycles. The Morgan fingerprint density at radius 2 is 2.36 bits per heavy atom. The fraction of sp³-hybridized carbons (Fsp3) is 0.286. The van der Waals surface area contributed by atoms with Crippen molar-refractivity contribution in [3.8, 4) is 5.88 Å². The Labute approximate surface area is 131 Å². The van der Waals surface area contributed by atoms with Crippen LogP contribution in [0.15, 0.2) is 29.8 Å². The summed E-state index contributed by atoms with van der Waals surface area (Å²) in [4.78, 5) is 27.1. The molecule has 22 heavy (non-hydrogen) atoms. The van der Waals surface area contributed by atoms with E-state index in [1.807, 2.05) is 24.4 Å². The molecule has 0 radical (unpaired) electrons. The van der Waals surface area contributed by atoms with Crippen LogP contribution in [0.25, 0.3) is 0 Å². The first-order valence-corrected chi connectivity index (χ1v) is 7.42. The highest BCUT2D eigenvalue weighted by Crippen LogP contribution is 2.24. The van der Waals surface area contributed by atoms with Crippen molar-refractivity contribution in [2.45, 2.75) is 19.9 Å². The van der Waals surface area contributed by atoms with Gasteiger partial charge in [0.1, 0.15) is 0 Å². The first-order valence-electron chi connectivity index (χ1n) is 6.54. The van der Waals surface area contributed by atoms with Crippen LogP contribution in [0.1, 0.15) is 23.4 Å². The Hall–Kier alpha value is -2.48. The van der Waals surface area contributed by atoms with Gasteiger partial charge in [-0.1, -0.05) is 6.07 Å². The molecule has 8 heteroatoms. The van der Waals surface area contributed by atoms with E-state index in [2.05, 4.69) is 10.3 Å². The third-order valence-corrected chi connectivity index (χ3v) is 3.91. The van der Waals surface area contributed by atoms with E-state index >= 15 is 0 Å². The molecule has 0 aromatic carbocycles. The van der Waals surface area contributed by atoms with Crippen molar-refractivity contribution in [3.63, 3.8) is 0 Å². The largest absolute Gasteiger partial charge is 0.463 e. The molecule has 2 rings (SSSR count). The fourth-order valence-electron chi connectivity index (χ4n) is 1.81. The van der Waals surface area contributed by atoms with Crippen molar-refractivity contribution in [3.05, 3.63) is 50.3 Å². The number of thiophene rings is 1. The van der Waals surface area contributed by atoms with Gasteiger partial charge >= 0.3 is 5.69 Å². The van der Waals surface area contributed by atoms with Gasteiger partial charge in [-0.3, -0.25) is 14.9 Å². The van der Waals surface area contributed by atoms with Crippen LogP contribution in [-0.4, -0.2) is 22.4 Å². The van der Waals surface area contributed by atoms with Gasteiger partial charge in [-0.2, -0.15) is 0 Å². The second-order valence-corrected chi connectivity index (χ2v) is 5.67. The molecular formula is C14H15N3O4S. The second-order valence-electron chi connectivity index (χ2n) is 4.69. The molecule has 1 atom stereocenters. The lowest BCUT2D eigenvalue weighted by Crippen LogP contribution is -2.31. The first kappa shape index (κ1) is 15.9. The van der Waals surface area contributed by atoms with Gasteiger partial charge in [-0.25, -0.2) is 4.98 Å². The molecule has 1 unspecified atom stereocenters. The van der Waals surface area contributed by atoms with E-state index in [0.29, 0.717) is 5.56 Å². The van der Waals surface area contributed by atoms with Crippen LogP contribution in [0.5, 0.6) is 5.88 Å². The predicted molar refractivity (Wildman–Crippen MR) is 82.0 cm³/mol. The minimum atomic E-state index is -0.582. The van der Waals surface area contributed by atoms with E-state index in [4.69, 9.17) is 4.74 Å². The number of aryl methyl sites for hydroxylation is 1. The van der Waals surface area contributed by atoms with Crippen LogP contribution in [0, 0.1) is 17.0 Å². The van der Waals surface area contributed by atoms with Gasteiger partial charge < -0.3 is 10.1 Å². The Kier molecular flexibility index (Phi) is 5.05. The summed E-state index contributed by atoms with van der Waals surface area (Å²) in [6, 6.07) is 5.04. The van der Waals surface area contributed by atoms with E-state index in [1.54, 1.807) is 6.92 Å². The van der Waals surface area contributed by atoms with Crippen molar-refractivity contribution in [2.75, 3.05) is 6.61 Å². The molecule has 7 nitrogen and oxygen atoms in total. The molecular weight excluding hydrogens is 306 g/mol. The van der Waals surface area contributed by atoms with E-state index in [9.17, 15) is 14.9 Å². The predicted octanol–water partition coefficient (Wildman–Crippen LogP) is 2.62. The van der Waals surface area contributed by atoms with Gasteiger partial charge in [-0.15, -0.1) is 11.3 Å². The maximum atomic E-state index is 11.8. The molecule has 1 N–H and O–H groups in total. The maximum absolute atomic E-state index is 11.8. The normalized spacial score (nSPS) is 11.7. The van der Waals surface area contributed by atoms with E-state index in [0.717, 1.165) is 4.88 Å². The van der Waals surface area contributed by atoms with E-state index < -0.39 is 4.92 Å². The SMILES string of the molecule is Cc1cnc(OCC(=O)NC(C)c2cccs2)c([N+](=O)[O-])c1. The number of hydrogen-bond donors (Lipinski definition) is 1. The van der Waals surface area contributed by atoms with Crippen LogP contribution in [0.4, 0.5) is 5.69 Å². The van der Waals surface area contributed by atoms with Gasteiger partial charge in [-0.05, 0) is 30.9 Å². The zero-order valence-corrected chi connectivity index (χ0v) is 12.9. The standard InChI is InChI=1S/C14H15N3O4S/c1-9-6-11(17(19)20)14(15-7-9)21-8-13(18)16-10(2)12-4-3-5-22-12/h3-7,10H,8H2,1-2H3,(H,16,18). The van der Waals surface area contributed by atoms with Gasteiger partial charge in [0.2, 0.25) is 0 Å². The van der Waals surface area contributed by atoms with Crippen LogP contribution in [0.2, 0.25) is 0 Å². The minimum Gasteiger partial charge on any atom is -0.463 e. The lowest BCUT2D eigenvalue weighted by Gasteiger charge is -2.12.